The van der Waals surface area contributed by atoms with Crippen molar-refractivity contribution < 1.29 is 32.6 Å². The lowest BCUT2D eigenvalue weighted by atomic mass is 9.75. The van der Waals surface area contributed by atoms with Gasteiger partial charge in [-0.1, -0.05) is 36.4 Å². The average Bonchev–Trinajstić information content (AvgIpc) is 3.35. The van der Waals surface area contributed by atoms with Gasteiger partial charge in [-0.05, 0) is 23.3 Å². The molecule has 0 aliphatic carbocycles. The van der Waals surface area contributed by atoms with Crippen LogP contribution >= 0.6 is 0 Å². The molecule has 2 aromatic rings. The number of aromatic nitrogens is 3. The van der Waals surface area contributed by atoms with E-state index >= 15 is 0 Å². The minimum atomic E-state index is -4.81. The number of aliphatic carboxylic acids is 1. The first kappa shape index (κ1) is 23.7. The van der Waals surface area contributed by atoms with Gasteiger partial charge in [-0.3, -0.25) is 9.69 Å². The Morgan fingerprint density at radius 3 is 2.72 bits per heavy atom. The number of carboxylic acids is 1. The largest absolute Gasteiger partial charge is 0.478 e. The Morgan fingerprint density at radius 2 is 2.11 bits per heavy atom. The van der Waals surface area contributed by atoms with Crippen molar-refractivity contribution in [2.24, 2.45) is 13.0 Å². The summed E-state index contributed by atoms with van der Waals surface area (Å²) in [6.45, 7) is 1.03. The molecule has 8 nitrogen and oxygen atoms in total. The first-order chi connectivity index (χ1) is 17.1. The second-order valence-corrected chi connectivity index (χ2v) is 9.02. The number of carbonyl (C=O) groups excluding carboxylic acids is 1. The van der Waals surface area contributed by atoms with E-state index in [0.717, 1.165) is 28.1 Å². The van der Waals surface area contributed by atoms with Crippen LogP contribution in [0.2, 0.25) is 0 Å². The van der Waals surface area contributed by atoms with Crippen molar-refractivity contribution in [3.8, 4) is 0 Å². The van der Waals surface area contributed by atoms with Gasteiger partial charge in [0.15, 0.2) is 0 Å². The predicted octanol–water partition coefficient (Wildman–Crippen LogP) is 3.15. The normalized spacial score (nSPS) is 21.1. The van der Waals surface area contributed by atoms with Crippen LogP contribution in [0, 0.1) is 5.92 Å². The summed E-state index contributed by atoms with van der Waals surface area (Å²) in [5.41, 5.74) is -0.633. The number of carboxylic acid groups (broad SMARTS) is 1. The van der Waals surface area contributed by atoms with Crippen LogP contribution in [0.15, 0.2) is 71.9 Å². The smallest absolute Gasteiger partial charge is 0.418 e. The monoisotopic (exact) mass is 498 g/mol. The summed E-state index contributed by atoms with van der Waals surface area (Å²) in [7, 11) is 1.87. The fraction of sp³-hybridized carbons (Fsp3) is 0.280. The van der Waals surface area contributed by atoms with E-state index in [1.54, 1.807) is 12.4 Å². The standard InChI is InChI=1S/C25H21F3N4O4/c1-31-14-29-30-21(31)10-24(12-36-13-24)18-4-2-3-15(7-18)5-6-16-9-20-19(25(26,27)28)8-17(23(34)35)11-32(20)22(16)33/h2-9,11,14,16H,10,12-13H2,1H3,(H,34,35)/b6-5+/t16-/m0/s1. The molecule has 1 aromatic heterocycles. The van der Waals surface area contributed by atoms with Gasteiger partial charge in [-0.25, -0.2) is 4.79 Å². The summed E-state index contributed by atoms with van der Waals surface area (Å²) in [5, 5.41) is 17.3. The first-order valence-corrected chi connectivity index (χ1v) is 11.1. The van der Waals surface area contributed by atoms with Crippen LogP contribution in [0.25, 0.3) is 6.08 Å². The molecule has 0 saturated carbocycles. The molecule has 5 rings (SSSR count). The zero-order valence-corrected chi connectivity index (χ0v) is 19.1. The fourth-order valence-corrected chi connectivity index (χ4v) is 4.52. The number of hydrogen-bond donors (Lipinski definition) is 1. The Morgan fingerprint density at radius 1 is 1.33 bits per heavy atom. The van der Waals surface area contributed by atoms with E-state index in [-0.39, 0.29) is 11.1 Å². The molecule has 11 heteroatoms. The van der Waals surface area contributed by atoms with Gasteiger partial charge in [0.2, 0.25) is 5.91 Å². The van der Waals surface area contributed by atoms with Crippen molar-refractivity contribution in [3.05, 3.63) is 88.8 Å². The number of nitrogens with zero attached hydrogens (tertiary/aromatic N) is 4. The van der Waals surface area contributed by atoms with Crippen molar-refractivity contribution >= 4 is 18.0 Å². The van der Waals surface area contributed by atoms with Gasteiger partial charge in [0.1, 0.15) is 12.2 Å². The van der Waals surface area contributed by atoms with Gasteiger partial charge < -0.3 is 14.4 Å². The number of benzene rings is 1. The molecule has 1 saturated heterocycles. The molecule has 3 aliphatic heterocycles. The molecule has 1 atom stereocenters. The van der Waals surface area contributed by atoms with Crippen molar-refractivity contribution in [1.82, 2.24) is 19.7 Å². The van der Waals surface area contributed by atoms with Crippen LogP contribution in [-0.2, 0) is 33.2 Å². The highest BCUT2D eigenvalue weighted by Crippen LogP contribution is 2.41. The third kappa shape index (κ3) is 4.15. The van der Waals surface area contributed by atoms with E-state index in [1.807, 2.05) is 35.9 Å². The molecular formula is C25H21F3N4O4. The van der Waals surface area contributed by atoms with E-state index in [9.17, 15) is 27.9 Å². The second-order valence-electron chi connectivity index (χ2n) is 9.02. The summed E-state index contributed by atoms with van der Waals surface area (Å²) in [5.74, 6) is -2.35. The van der Waals surface area contributed by atoms with Crippen molar-refractivity contribution in [3.63, 3.8) is 0 Å². The maximum Gasteiger partial charge on any atom is 0.418 e. The molecule has 1 aromatic carbocycles. The van der Waals surface area contributed by atoms with Crippen molar-refractivity contribution in [2.45, 2.75) is 18.0 Å². The van der Waals surface area contributed by atoms with Gasteiger partial charge in [0.25, 0.3) is 0 Å². The quantitative estimate of drug-likeness (QED) is 0.657. The highest BCUT2D eigenvalue weighted by Gasteiger charge is 2.45. The number of alkyl halides is 3. The highest BCUT2D eigenvalue weighted by atomic mass is 19.4. The van der Waals surface area contributed by atoms with Crippen LogP contribution in [-0.4, -0.2) is 56.0 Å². The van der Waals surface area contributed by atoms with Crippen LogP contribution in [0.3, 0.4) is 0 Å². The van der Waals surface area contributed by atoms with Crippen molar-refractivity contribution in [1.29, 1.82) is 0 Å². The number of hydrogen-bond acceptors (Lipinski definition) is 5. The number of aryl methyl sites for hydroxylation is 1. The third-order valence-electron chi connectivity index (χ3n) is 6.57. The molecule has 3 aliphatic rings. The van der Waals surface area contributed by atoms with Gasteiger partial charge in [-0.2, -0.15) is 13.2 Å². The number of allylic oxidation sites excluding steroid dienone is 1. The molecule has 36 heavy (non-hydrogen) atoms. The summed E-state index contributed by atoms with van der Waals surface area (Å²) in [6, 6.07) is 7.64. The highest BCUT2D eigenvalue weighted by molar-refractivity contribution is 5.96. The minimum absolute atomic E-state index is 0.277. The summed E-state index contributed by atoms with van der Waals surface area (Å²) < 4.78 is 48.1. The zero-order chi connectivity index (χ0) is 25.7. The maximum absolute atomic E-state index is 13.6. The van der Waals surface area contributed by atoms with E-state index in [4.69, 9.17) is 4.74 Å². The fourth-order valence-electron chi connectivity index (χ4n) is 4.52. The molecule has 1 fully saturated rings. The lowest BCUT2D eigenvalue weighted by Crippen LogP contribution is -2.49. The second kappa shape index (κ2) is 8.59. The van der Waals surface area contributed by atoms with Gasteiger partial charge in [-0.15, -0.1) is 10.2 Å². The third-order valence-corrected chi connectivity index (χ3v) is 6.57. The molecule has 0 unspecified atom stereocenters. The molecule has 4 heterocycles. The van der Waals surface area contributed by atoms with Crippen LogP contribution < -0.4 is 0 Å². The molecule has 0 radical (unpaired) electrons. The van der Waals surface area contributed by atoms with Crippen LogP contribution in [0.5, 0.6) is 0 Å². The summed E-state index contributed by atoms with van der Waals surface area (Å²) in [4.78, 5) is 24.9. The predicted molar refractivity (Wildman–Crippen MR) is 121 cm³/mol. The average molecular weight is 498 g/mol. The van der Waals surface area contributed by atoms with Gasteiger partial charge in [0, 0.05) is 25.1 Å². The molecular weight excluding hydrogens is 477 g/mol. The summed E-state index contributed by atoms with van der Waals surface area (Å²) >= 11 is 0. The number of rotatable bonds is 6. The number of fused-ring (bicyclic) bond motifs is 1. The van der Waals surface area contributed by atoms with Gasteiger partial charge >= 0.3 is 12.1 Å². The topological polar surface area (TPSA) is 97.5 Å². The number of carbonyl (C=O) groups is 2. The molecule has 1 N–H and O–H groups in total. The maximum atomic E-state index is 13.6. The Balaban J connectivity index is 1.41. The Kier molecular flexibility index (Phi) is 5.67. The lowest BCUT2D eigenvalue weighted by Gasteiger charge is -2.41. The molecule has 0 spiro atoms. The number of halogens is 3. The van der Waals surface area contributed by atoms with Gasteiger partial charge in [0.05, 0.1) is 36.0 Å². The summed E-state index contributed by atoms with van der Waals surface area (Å²) in [6.07, 6.45) is 3.32. The minimum Gasteiger partial charge on any atom is -0.478 e. The zero-order valence-electron chi connectivity index (χ0n) is 19.1. The number of ether oxygens (including phenoxy) is 1. The van der Waals surface area contributed by atoms with E-state index in [1.165, 1.54) is 12.2 Å². The molecule has 1 amide bonds. The first-order valence-electron chi connectivity index (χ1n) is 11.1. The Labute approximate surface area is 203 Å². The number of amides is 1. The van der Waals surface area contributed by atoms with Crippen LogP contribution in [0.4, 0.5) is 13.2 Å². The van der Waals surface area contributed by atoms with Crippen LogP contribution in [0.1, 0.15) is 17.0 Å². The van der Waals surface area contributed by atoms with E-state index in [2.05, 4.69) is 10.2 Å². The Hall–Kier alpha value is -3.99. The van der Waals surface area contributed by atoms with Crippen molar-refractivity contribution in [2.75, 3.05) is 13.2 Å². The SMILES string of the molecule is Cn1cnnc1CC1(c2cccc(/C=C/[C@H]3C=C4C(C(F)(F)F)=CC(C(=O)O)=CN4C3=O)c2)COC1. The van der Waals surface area contributed by atoms with E-state index in [0.29, 0.717) is 25.7 Å². The molecule has 0 bridgehead atoms. The lowest BCUT2D eigenvalue weighted by molar-refractivity contribution is -0.132. The van der Waals surface area contributed by atoms with E-state index < -0.39 is 35.1 Å². The Bertz CT molecular complexity index is 1370. The molecule has 186 valence electrons.